The predicted octanol–water partition coefficient (Wildman–Crippen LogP) is 1.80. The van der Waals surface area contributed by atoms with Crippen LogP contribution in [0.15, 0.2) is 42.6 Å². The lowest BCUT2D eigenvalue weighted by Gasteiger charge is -2.04. The number of nitrogens with one attached hydrogen (secondary N) is 1. The van der Waals surface area contributed by atoms with Crippen molar-refractivity contribution >= 4 is 23.3 Å². The highest BCUT2D eigenvalue weighted by molar-refractivity contribution is 7.80. The second kappa shape index (κ2) is 4.67. The maximum atomic E-state index is 5.35. The molecule has 80 valence electrons. The van der Waals surface area contributed by atoms with Crippen LogP contribution in [0.5, 0.6) is 0 Å². The van der Waals surface area contributed by atoms with Crippen molar-refractivity contribution < 1.29 is 0 Å². The van der Waals surface area contributed by atoms with Gasteiger partial charge < -0.3 is 11.1 Å². The Labute approximate surface area is 98.5 Å². The van der Waals surface area contributed by atoms with Crippen molar-refractivity contribution in [1.29, 1.82) is 0 Å². The number of benzene rings is 1. The van der Waals surface area contributed by atoms with Gasteiger partial charge in [0.25, 0.3) is 0 Å². The van der Waals surface area contributed by atoms with E-state index in [1.807, 2.05) is 36.4 Å². The van der Waals surface area contributed by atoms with Gasteiger partial charge in [0.05, 0.1) is 5.69 Å². The summed E-state index contributed by atoms with van der Waals surface area (Å²) in [6.45, 7) is 0. The first kappa shape index (κ1) is 10.5. The average Bonchev–Trinajstić information content (AvgIpc) is 2.30. The van der Waals surface area contributed by atoms with Crippen molar-refractivity contribution in [2.24, 2.45) is 5.73 Å². The van der Waals surface area contributed by atoms with Gasteiger partial charge in [0.2, 0.25) is 5.95 Å². The minimum Gasteiger partial charge on any atom is -0.376 e. The molecule has 0 aliphatic heterocycles. The molecule has 1 aromatic heterocycles. The molecule has 0 atom stereocenters. The fraction of sp³-hybridized carbons (Fsp3) is 0. The standard InChI is InChI=1S/C11H10N4S/c12-10(16)15-11-13-7-6-9(14-11)8-4-2-1-3-5-8/h1-7H,(H3,12,13,14,15,16). The summed E-state index contributed by atoms with van der Waals surface area (Å²) in [5.41, 5.74) is 7.21. The number of hydrogen-bond acceptors (Lipinski definition) is 3. The van der Waals surface area contributed by atoms with Gasteiger partial charge in [0.1, 0.15) is 0 Å². The van der Waals surface area contributed by atoms with Crippen LogP contribution in [-0.4, -0.2) is 15.1 Å². The van der Waals surface area contributed by atoms with Crippen molar-refractivity contribution in [3.63, 3.8) is 0 Å². The third-order valence-corrected chi connectivity index (χ3v) is 2.06. The van der Waals surface area contributed by atoms with Gasteiger partial charge in [-0.15, -0.1) is 0 Å². The highest BCUT2D eigenvalue weighted by Gasteiger charge is 2.01. The number of aromatic nitrogens is 2. The van der Waals surface area contributed by atoms with Crippen molar-refractivity contribution in [3.05, 3.63) is 42.6 Å². The van der Waals surface area contributed by atoms with Crippen LogP contribution in [0.3, 0.4) is 0 Å². The van der Waals surface area contributed by atoms with Crippen LogP contribution in [0, 0.1) is 0 Å². The van der Waals surface area contributed by atoms with E-state index < -0.39 is 0 Å². The molecule has 0 fully saturated rings. The smallest absolute Gasteiger partial charge is 0.229 e. The minimum atomic E-state index is 0.158. The number of nitrogens with zero attached hydrogens (tertiary/aromatic N) is 2. The van der Waals surface area contributed by atoms with Gasteiger partial charge in [0, 0.05) is 11.8 Å². The normalized spacial score (nSPS) is 9.75. The van der Waals surface area contributed by atoms with Gasteiger partial charge in [-0.05, 0) is 18.3 Å². The van der Waals surface area contributed by atoms with E-state index in [0.29, 0.717) is 5.95 Å². The minimum absolute atomic E-state index is 0.158. The molecule has 2 aromatic rings. The fourth-order valence-corrected chi connectivity index (χ4v) is 1.39. The SMILES string of the molecule is NC(=S)Nc1nccc(-c2ccccc2)n1. The van der Waals surface area contributed by atoms with Crippen molar-refractivity contribution in [1.82, 2.24) is 9.97 Å². The Morgan fingerprint density at radius 2 is 1.94 bits per heavy atom. The molecule has 0 aliphatic carbocycles. The summed E-state index contributed by atoms with van der Waals surface area (Å²) in [4.78, 5) is 8.31. The summed E-state index contributed by atoms with van der Waals surface area (Å²) in [5.74, 6) is 0.411. The lowest BCUT2D eigenvalue weighted by atomic mass is 10.1. The maximum Gasteiger partial charge on any atom is 0.229 e. The van der Waals surface area contributed by atoms with Crippen molar-refractivity contribution in [2.75, 3.05) is 5.32 Å². The first-order valence-electron chi connectivity index (χ1n) is 4.70. The third kappa shape index (κ3) is 2.52. The molecule has 0 radical (unpaired) electrons. The molecule has 0 aliphatic rings. The Morgan fingerprint density at radius 3 is 2.62 bits per heavy atom. The molecule has 0 saturated heterocycles. The Hall–Kier alpha value is -2.01. The number of nitrogens with two attached hydrogens (primary N) is 1. The van der Waals surface area contributed by atoms with Crippen LogP contribution in [0.25, 0.3) is 11.3 Å². The molecular weight excluding hydrogens is 220 g/mol. The molecule has 2 rings (SSSR count). The number of thiocarbonyl (C=S) groups is 1. The van der Waals surface area contributed by atoms with Crippen molar-refractivity contribution in [3.8, 4) is 11.3 Å². The van der Waals surface area contributed by atoms with E-state index in [1.54, 1.807) is 6.20 Å². The van der Waals surface area contributed by atoms with Crippen molar-refractivity contribution in [2.45, 2.75) is 0 Å². The predicted molar refractivity (Wildman–Crippen MR) is 67.9 cm³/mol. The summed E-state index contributed by atoms with van der Waals surface area (Å²) in [7, 11) is 0. The van der Waals surface area contributed by atoms with Crippen LogP contribution in [0.2, 0.25) is 0 Å². The molecule has 0 saturated carbocycles. The molecule has 0 amide bonds. The quantitative estimate of drug-likeness (QED) is 0.770. The lowest BCUT2D eigenvalue weighted by Crippen LogP contribution is -2.20. The second-order valence-corrected chi connectivity index (χ2v) is 3.56. The molecule has 1 aromatic carbocycles. The van der Waals surface area contributed by atoms with E-state index in [-0.39, 0.29) is 5.11 Å². The van der Waals surface area contributed by atoms with Crippen LogP contribution >= 0.6 is 12.2 Å². The van der Waals surface area contributed by atoms with Gasteiger partial charge in [0.15, 0.2) is 5.11 Å². The molecule has 0 unspecified atom stereocenters. The molecule has 1 heterocycles. The van der Waals surface area contributed by atoms with Crippen LogP contribution in [0.1, 0.15) is 0 Å². The Kier molecular flexibility index (Phi) is 3.07. The largest absolute Gasteiger partial charge is 0.376 e. The zero-order valence-corrected chi connectivity index (χ0v) is 9.24. The average molecular weight is 230 g/mol. The first-order valence-corrected chi connectivity index (χ1v) is 5.11. The van der Waals surface area contributed by atoms with Gasteiger partial charge in [-0.2, -0.15) is 0 Å². The van der Waals surface area contributed by atoms with Crippen LogP contribution < -0.4 is 11.1 Å². The highest BCUT2D eigenvalue weighted by Crippen LogP contribution is 2.16. The number of hydrogen-bond donors (Lipinski definition) is 2. The first-order chi connectivity index (χ1) is 7.75. The van der Waals surface area contributed by atoms with E-state index in [9.17, 15) is 0 Å². The highest BCUT2D eigenvalue weighted by atomic mass is 32.1. The molecule has 4 nitrogen and oxygen atoms in total. The number of anilines is 1. The molecule has 3 N–H and O–H groups in total. The Morgan fingerprint density at radius 1 is 1.19 bits per heavy atom. The maximum absolute atomic E-state index is 5.35. The molecule has 16 heavy (non-hydrogen) atoms. The van der Waals surface area contributed by atoms with Crippen LogP contribution in [0.4, 0.5) is 5.95 Å². The summed E-state index contributed by atoms with van der Waals surface area (Å²) >= 11 is 4.72. The summed E-state index contributed by atoms with van der Waals surface area (Å²) in [6, 6.07) is 11.7. The third-order valence-electron chi connectivity index (χ3n) is 1.96. The topological polar surface area (TPSA) is 63.8 Å². The van der Waals surface area contributed by atoms with Gasteiger partial charge in [-0.3, -0.25) is 0 Å². The van der Waals surface area contributed by atoms with E-state index >= 15 is 0 Å². The molecular formula is C11H10N4S. The van der Waals surface area contributed by atoms with E-state index in [0.717, 1.165) is 11.3 Å². The van der Waals surface area contributed by atoms with E-state index in [2.05, 4.69) is 15.3 Å². The Balaban J connectivity index is 2.33. The second-order valence-electron chi connectivity index (χ2n) is 3.12. The summed E-state index contributed by atoms with van der Waals surface area (Å²) in [6.07, 6.45) is 1.66. The van der Waals surface area contributed by atoms with Gasteiger partial charge >= 0.3 is 0 Å². The van der Waals surface area contributed by atoms with Gasteiger partial charge in [-0.25, -0.2) is 9.97 Å². The zero-order valence-electron chi connectivity index (χ0n) is 8.42. The monoisotopic (exact) mass is 230 g/mol. The van der Waals surface area contributed by atoms with Crippen LogP contribution in [-0.2, 0) is 0 Å². The number of rotatable bonds is 2. The molecule has 0 bridgehead atoms. The molecule has 5 heteroatoms. The van der Waals surface area contributed by atoms with E-state index in [1.165, 1.54) is 0 Å². The fourth-order valence-electron chi connectivity index (χ4n) is 1.30. The summed E-state index contributed by atoms with van der Waals surface area (Å²) < 4.78 is 0. The zero-order chi connectivity index (χ0) is 11.4. The van der Waals surface area contributed by atoms with Gasteiger partial charge in [-0.1, -0.05) is 30.3 Å². The lowest BCUT2D eigenvalue weighted by molar-refractivity contribution is 1.18. The molecule has 0 spiro atoms. The summed E-state index contributed by atoms with van der Waals surface area (Å²) in [5, 5.41) is 2.86. The Bertz CT molecular complexity index is 498. The van der Waals surface area contributed by atoms with E-state index in [4.69, 9.17) is 18.0 Å².